The summed E-state index contributed by atoms with van der Waals surface area (Å²) in [5.74, 6) is 1.70. The third-order valence-electron chi connectivity index (χ3n) is 8.75. The Morgan fingerprint density at radius 2 is 1.97 bits per heavy atom. The summed E-state index contributed by atoms with van der Waals surface area (Å²) >= 11 is 0. The van der Waals surface area contributed by atoms with Crippen LogP contribution in [-0.4, -0.2) is 28.3 Å². The van der Waals surface area contributed by atoms with Crippen molar-refractivity contribution in [1.29, 1.82) is 0 Å². The van der Waals surface area contributed by atoms with Crippen LogP contribution in [0.15, 0.2) is 18.2 Å². The first-order chi connectivity index (χ1) is 15.3. The van der Waals surface area contributed by atoms with Crippen LogP contribution in [0.5, 0.6) is 5.75 Å². The fraction of sp³-hybridized carbons (Fsp3) is 0.704. The Bertz CT molecular complexity index is 848. The highest BCUT2D eigenvalue weighted by molar-refractivity contribution is 5.73. The molecule has 6 atom stereocenters. The molecule has 0 aliphatic heterocycles. The zero-order chi connectivity index (χ0) is 22.9. The number of unbranched alkanes of at least 4 members (excludes halogenated alkanes) is 1. The molecule has 1 aromatic rings. The second-order valence-electron chi connectivity index (χ2n) is 10.6. The Labute approximate surface area is 191 Å². The van der Waals surface area contributed by atoms with Gasteiger partial charge in [0.2, 0.25) is 0 Å². The van der Waals surface area contributed by atoms with Gasteiger partial charge in [0.1, 0.15) is 5.75 Å². The lowest BCUT2D eigenvalue weighted by Gasteiger charge is -2.53. The van der Waals surface area contributed by atoms with Crippen molar-refractivity contribution in [3.8, 4) is 5.75 Å². The number of esters is 1. The van der Waals surface area contributed by atoms with Crippen molar-refractivity contribution in [2.24, 2.45) is 23.2 Å². The molecular weight excluding hydrogens is 404 g/mol. The topological polar surface area (TPSA) is 83.8 Å². The van der Waals surface area contributed by atoms with E-state index in [2.05, 4.69) is 26.0 Å². The van der Waals surface area contributed by atoms with E-state index in [1.54, 1.807) is 0 Å². The molecule has 32 heavy (non-hydrogen) atoms. The molecule has 3 aliphatic carbocycles. The number of ether oxygens (including phenoxy) is 1. The van der Waals surface area contributed by atoms with Crippen molar-refractivity contribution < 1.29 is 24.5 Å². The maximum atomic E-state index is 12.1. The molecule has 2 fully saturated rings. The second-order valence-corrected chi connectivity index (χ2v) is 10.6. The molecule has 0 aromatic heterocycles. The molecule has 5 nitrogen and oxygen atoms in total. The summed E-state index contributed by atoms with van der Waals surface area (Å²) in [4.78, 5) is 22.8. The lowest BCUT2D eigenvalue weighted by molar-refractivity contribution is -0.137. The largest absolute Gasteiger partial charge is 0.481 e. The molecule has 0 heterocycles. The SMILES string of the molecule is CCCC[C@@H]1Cc2cc(OC(=O)CCCC(=O)O)ccc2[C@H]2CC[C@]3(C)[C@@H](O)CC[C@H]3[C@H]12. The Morgan fingerprint density at radius 3 is 2.72 bits per heavy atom. The number of aliphatic hydroxyl groups excluding tert-OH is 1. The highest BCUT2D eigenvalue weighted by Gasteiger charge is 2.56. The van der Waals surface area contributed by atoms with Gasteiger partial charge in [0.05, 0.1) is 6.10 Å². The Morgan fingerprint density at radius 1 is 1.16 bits per heavy atom. The zero-order valence-corrected chi connectivity index (χ0v) is 19.5. The summed E-state index contributed by atoms with van der Waals surface area (Å²) in [6.45, 7) is 4.57. The van der Waals surface area contributed by atoms with Gasteiger partial charge in [-0.25, -0.2) is 0 Å². The first-order valence-corrected chi connectivity index (χ1v) is 12.6. The number of carboxylic acid groups (broad SMARTS) is 1. The maximum Gasteiger partial charge on any atom is 0.311 e. The number of hydrogen-bond acceptors (Lipinski definition) is 4. The number of carbonyl (C=O) groups excluding carboxylic acids is 1. The van der Waals surface area contributed by atoms with Gasteiger partial charge < -0.3 is 14.9 Å². The zero-order valence-electron chi connectivity index (χ0n) is 19.5. The summed E-state index contributed by atoms with van der Waals surface area (Å²) in [7, 11) is 0. The first-order valence-electron chi connectivity index (χ1n) is 12.6. The monoisotopic (exact) mass is 442 g/mol. The van der Waals surface area contributed by atoms with Crippen LogP contribution in [0, 0.1) is 23.2 Å². The van der Waals surface area contributed by atoms with Gasteiger partial charge in [-0.05, 0) is 97.3 Å². The third-order valence-corrected chi connectivity index (χ3v) is 8.75. The average molecular weight is 443 g/mol. The minimum absolute atomic E-state index is 0.0176. The summed E-state index contributed by atoms with van der Waals surface area (Å²) in [5.41, 5.74) is 2.79. The molecule has 0 amide bonds. The minimum Gasteiger partial charge on any atom is -0.481 e. The van der Waals surface area contributed by atoms with E-state index >= 15 is 0 Å². The molecule has 176 valence electrons. The van der Waals surface area contributed by atoms with Crippen molar-refractivity contribution in [1.82, 2.24) is 0 Å². The van der Waals surface area contributed by atoms with E-state index in [1.807, 2.05) is 6.07 Å². The Balaban J connectivity index is 1.54. The van der Waals surface area contributed by atoms with Crippen molar-refractivity contribution in [3.05, 3.63) is 29.3 Å². The van der Waals surface area contributed by atoms with Gasteiger partial charge in [-0.15, -0.1) is 0 Å². The lowest BCUT2D eigenvalue weighted by atomic mass is 9.52. The van der Waals surface area contributed by atoms with Crippen LogP contribution in [0.4, 0.5) is 0 Å². The van der Waals surface area contributed by atoms with Gasteiger partial charge in [0, 0.05) is 12.8 Å². The highest BCUT2D eigenvalue weighted by Crippen LogP contribution is 2.62. The second kappa shape index (κ2) is 9.54. The van der Waals surface area contributed by atoms with Crippen LogP contribution in [0.1, 0.15) is 95.1 Å². The predicted octanol–water partition coefficient (Wildman–Crippen LogP) is 5.48. The van der Waals surface area contributed by atoms with E-state index in [0.29, 0.717) is 35.8 Å². The highest BCUT2D eigenvalue weighted by atomic mass is 16.5. The van der Waals surface area contributed by atoms with Gasteiger partial charge in [0.25, 0.3) is 0 Å². The van der Waals surface area contributed by atoms with Gasteiger partial charge >= 0.3 is 11.9 Å². The van der Waals surface area contributed by atoms with Crippen LogP contribution >= 0.6 is 0 Å². The number of rotatable bonds is 8. The minimum atomic E-state index is -0.891. The molecule has 3 aliphatic rings. The summed E-state index contributed by atoms with van der Waals surface area (Å²) in [6, 6.07) is 6.13. The molecule has 0 bridgehead atoms. The van der Waals surface area contributed by atoms with E-state index in [-0.39, 0.29) is 30.3 Å². The van der Waals surface area contributed by atoms with E-state index in [9.17, 15) is 14.7 Å². The summed E-state index contributed by atoms with van der Waals surface area (Å²) in [6.07, 6.45) is 9.19. The molecule has 0 unspecified atom stereocenters. The fourth-order valence-corrected chi connectivity index (χ4v) is 7.12. The normalized spacial score (nSPS) is 33.2. The van der Waals surface area contributed by atoms with Crippen molar-refractivity contribution >= 4 is 11.9 Å². The van der Waals surface area contributed by atoms with Crippen LogP contribution in [0.25, 0.3) is 0 Å². The predicted molar refractivity (Wildman–Crippen MR) is 123 cm³/mol. The van der Waals surface area contributed by atoms with Crippen LogP contribution in [0.3, 0.4) is 0 Å². The summed E-state index contributed by atoms with van der Waals surface area (Å²) < 4.78 is 5.55. The quantitative estimate of drug-likeness (QED) is 0.411. The Hall–Kier alpha value is -1.88. The van der Waals surface area contributed by atoms with E-state index in [1.165, 1.54) is 30.4 Å². The molecule has 0 spiro atoms. The summed E-state index contributed by atoms with van der Waals surface area (Å²) in [5, 5.41) is 19.5. The number of benzene rings is 1. The molecule has 1 aromatic carbocycles. The number of fused-ring (bicyclic) bond motifs is 5. The molecular formula is C27H38O5. The maximum absolute atomic E-state index is 12.1. The molecule has 2 N–H and O–H groups in total. The van der Waals surface area contributed by atoms with Crippen molar-refractivity contribution in [2.75, 3.05) is 0 Å². The smallest absolute Gasteiger partial charge is 0.311 e. The van der Waals surface area contributed by atoms with Crippen LogP contribution < -0.4 is 4.74 Å². The lowest BCUT2D eigenvalue weighted by Crippen LogP contribution is -2.47. The third kappa shape index (κ3) is 4.46. The number of carboxylic acids is 1. The molecule has 4 rings (SSSR count). The fourth-order valence-electron chi connectivity index (χ4n) is 7.12. The average Bonchev–Trinajstić information content (AvgIpc) is 3.06. The van der Waals surface area contributed by atoms with Crippen molar-refractivity contribution in [3.63, 3.8) is 0 Å². The van der Waals surface area contributed by atoms with Crippen LogP contribution in [0.2, 0.25) is 0 Å². The van der Waals surface area contributed by atoms with E-state index in [4.69, 9.17) is 9.84 Å². The van der Waals surface area contributed by atoms with Gasteiger partial charge in [-0.2, -0.15) is 0 Å². The van der Waals surface area contributed by atoms with Gasteiger partial charge in [-0.3, -0.25) is 9.59 Å². The number of carbonyl (C=O) groups is 2. The van der Waals surface area contributed by atoms with E-state index < -0.39 is 5.97 Å². The number of aliphatic hydroxyl groups is 1. The standard InChI is InChI=1S/C27H38O5/c1-3-4-6-17-15-18-16-19(32-25(31)8-5-7-24(29)30)9-10-20(18)21-13-14-27(2)22(26(17)21)11-12-23(27)28/h9-10,16-17,21-23,26,28H,3-8,11-15H2,1-2H3,(H,29,30)/t17-,21-,22+,23+,26-,27+/m1/s1. The number of hydrogen-bond donors (Lipinski definition) is 2. The first kappa shape index (κ1) is 23.3. The number of aliphatic carboxylic acids is 1. The molecule has 0 radical (unpaired) electrons. The molecule has 2 saturated carbocycles. The van der Waals surface area contributed by atoms with E-state index in [0.717, 1.165) is 32.1 Å². The van der Waals surface area contributed by atoms with Gasteiger partial charge in [-0.1, -0.05) is 32.8 Å². The van der Waals surface area contributed by atoms with Gasteiger partial charge in [0.15, 0.2) is 0 Å². The molecule has 0 saturated heterocycles. The Kier molecular flexibility index (Phi) is 6.94. The molecule has 5 heteroatoms. The van der Waals surface area contributed by atoms with Crippen LogP contribution in [-0.2, 0) is 16.0 Å². The van der Waals surface area contributed by atoms with Crippen molar-refractivity contribution in [2.45, 2.75) is 96.5 Å².